The van der Waals surface area contributed by atoms with Crippen LogP contribution in [0.15, 0.2) is 54.6 Å². The summed E-state index contributed by atoms with van der Waals surface area (Å²) < 4.78 is 13.4. The van der Waals surface area contributed by atoms with Crippen molar-refractivity contribution in [3.8, 4) is 0 Å². The Morgan fingerprint density at radius 1 is 1.13 bits per heavy atom. The highest BCUT2D eigenvalue weighted by atomic mass is 32.1. The Kier molecular flexibility index (Phi) is 5.82. The third-order valence-corrected chi connectivity index (χ3v) is 3.09. The van der Waals surface area contributed by atoms with Crippen LogP contribution in [0.5, 0.6) is 0 Å². The number of anilines is 1. The van der Waals surface area contributed by atoms with E-state index in [0.29, 0.717) is 0 Å². The van der Waals surface area contributed by atoms with Crippen LogP contribution in [0.2, 0.25) is 0 Å². The van der Waals surface area contributed by atoms with Gasteiger partial charge in [-0.15, -0.1) is 0 Å². The molecule has 6 heteroatoms. The summed E-state index contributed by atoms with van der Waals surface area (Å²) in [6.07, 6.45) is 3.07. The summed E-state index contributed by atoms with van der Waals surface area (Å²) in [5, 5.41) is 2.74. The maximum absolute atomic E-state index is 13.4. The minimum Gasteiger partial charge on any atom is -0.329 e. The van der Waals surface area contributed by atoms with Crippen LogP contribution < -0.4 is 16.2 Å². The van der Waals surface area contributed by atoms with E-state index in [1.54, 1.807) is 24.3 Å². The van der Waals surface area contributed by atoms with Gasteiger partial charge in [0.1, 0.15) is 5.82 Å². The first-order valence-electron chi connectivity index (χ1n) is 6.91. The number of halogens is 1. The van der Waals surface area contributed by atoms with Crippen LogP contribution in [0.4, 0.5) is 10.1 Å². The van der Waals surface area contributed by atoms with Crippen LogP contribution >= 0.6 is 12.2 Å². The Balaban J connectivity index is 1.82. The fourth-order valence-corrected chi connectivity index (χ4v) is 1.98. The molecular formula is C17H16FN3OS. The second-order valence-electron chi connectivity index (χ2n) is 4.80. The summed E-state index contributed by atoms with van der Waals surface area (Å²) in [6.45, 7) is 1.98. The molecule has 3 N–H and O–H groups in total. The van der Waals surface area contributed by atoms with Gasteiger partial charge < -0.3 is 5.32 Å². The highest BCUT2D eigenvalue weighted by Crippen LogP contribution is 2.11. The van der Waals surface area contributed by atoms with Crippen molar-refractivity contribution < 1.29 is 9.18 Å². The fourth-order valence-electron chi connectivity index (χ4n) is 1.82. The number of amides is 1. The second-order valence-corrected chi connectivity index (χ2v) is 5.20. The third-order valence-electron chi connectivity index (χ3n) is 2.89. The lowest BCUT2D eigenvalue weighted by atomic mass is 10.1. The van der Waals surface area contributed by atoms with Crippen molar-refractivity contribution in [1.82, 2.24) is 10.9 Å². The lowest BCUT2D eigenvalue weighted by molar-refractivity contribution is -0.116. The lowest BCUT2D eigenvalue weighted by Gasteiger charge is -2.10. The molecule has 0 heterocycles. The molecule has 2 rings (SSSR count). The van der Waals surface area contributed by atoms with Gasteiger partial charge in [0.15, 0.2) is 5.11 Å². The average molecular weight is 329 g/mol. The number of aryl methyl sites for hydroxylation is 1. The van der Waals surface area contributed by atoms with E-state index < -0.39 is 5.82 Å². The molecule has 0 aliphatic carbocycles. The van der Waals surface area contributed by atoms with Crippen molar-refractivity contribution in [1.29, 1.82) is 0 Å². The summed E-state index contributed by atoms with van der Waals surface area (Å²) in [6, 6.07) is 13.9. The number of hydrazine groups is 1. The number of rotatable bonds is 3. The quantitative estimate of drug-likeness (QED) is 0.460. The summed E-state index contributed by atoms with van der Waals surface area (Å²) in [5.74, 6) is -0.800. The Labute approximate surface area is 139 Å². The van der Waals surface area contributed by atoms with Gasteiger partial charge in [0.05, 0.1) is 5.69 Å². The van der Waals surface area contributed by atoms with Crippen LogP contribution in [0.3, 0.4) is 0 Å². The Morgan fingerprint density at radius 2 is 1.91 bits per heavy atom. The van der Waals surface area contributed by atoms with Crippen molar-refractivity contribution >= 4 is 35.0 Å². The van der Waals surface area contributed by atoms with Crippen molar-refractivity contribution in [3.05, 3.63) is 71.6 Å². The molecular weight excluding hydrogens is 313 g/mol. The zero-order valence-electron chi connectivity index (χ0n) is 12.5. The molecule has 0 bridgehead atoms. The lowest BCUT2D eigenvalue weighted by Crippen LogP contribution is -2.43. The highest BCUT2D eigenvalue weighted by molar-refractivity contribution is 7.80. The number of hydrogen-bond donors (Lipinski definition) is 3. The largest absolute Gasteiger partial charge is 0.329 e. The first kappa shape index (κ1) is 16.6. The van der Waals surface area contributed by atoms with Crippen molar-refractivity contribution in [2.75, 3.05) is 5.32 Å². The first-order valence-corrected chi connectivity index (χ1v) is 7.31. The van der Waals surface area contributed by atoms with E-state index in [0.717, 1.165) is 11.1 Å². The minimum atomic E-state index is -0.428. The molecule has 4 nitrogen and oxygen atoms in total. The SMILES string of the molecule is Cc1cccc(/C=C/C(=O)NNC(=S)Nc2ccccc2F)c1. The van der Waals surface area contributed by atoms with E-state index in [4.69, 9.17) is 12.2 Å². The molecule has 0 aromatic heterocycles. The predicted octanol–water partition coefficient (Wildman–Crippen LogP) is 3.17. The van der Waals surface area contributed by atoms with Gasteiger partial charge in [-0.25, -0.2) is 4.39 Å². The average Bonchev–Trinajstić information content (AvgIpc) is 2.53. The molecule has 23 heavy (non-hydrogen) atoms. The summed E-state index contributed by atoms with van der Waals surface area (Å²) >= 11 is 4.98. The molecule has 2 aromatic rings. The van der Waals surface area contributed by atoms with Crippen LogP contribution in [-0.2, 0) is 4.79 Å². The monoisotopic (exact) mass is 329 g/mol. The van der Waals surface area contributed by atoms with Crippen LogP contribution in [-0.4, -0.2) is 11.0 Å². The van der Waals surface area contributed by atoms with Crippen molar-refractivity contribution in [3.63, 3.8) is 0 Å². The van der Waals surface area contributed by atoms with Gasteiger partial charge in [-0.3, -0.25) is 15.6 Å². The Hall–Kier alpha value is -2.73. The first-order chi connectivity index (χ1) is 11.0. The molecule has 0 aliphatic rings. The zero-order valence-corrected chi connectivity index (χ0v) is 13.3. The molecule has 0 spiro atoms. The van der Waals surface area contributed by atoms with Crippen LogP contribution in [0.1, 0.15) is 11.1 Å². The van der Waals surface area contributed by atoms with Crippen molar-refractivity contribution in [2.45, 2.75) is 6.92 Å². The van der Waals surface area contributed by atoms with E-state index in [9.17, 15) is 9.18 Å². The maximum atomic E-state index is 13.4. The van der Waals surface area contributed by atoms with E-state index in [1.165, 1.54) is 12.1 Å². The van der Waals surface area contributed by atoms with Gasteiger partial charge in [0.25, 0.3) is 5.91 Å². The van der Waals surface area contributed by atoms with Gasteiger partial charge in [0.2, 0.25) is 0 Å². The van der Waals surface area contributed by atoms with Gasteiger partial charge in [0, 0.05) is 6.08 Å². The second kappa shape index (κ2) is 8.05. The number of para-hydroxylation sites is 1. The van der Waals surface area contributed by atoms with Gasteiger partial charge in [-0.05, 0) is 42.9 Å². The summed E-state index contributed by atoms with van der Waals surface area (Å²) in [5.41, 5.74) is 7.18. The van der Waals surface area contributed by atoms with Crippen LogP contribution in [0, 0.1) is 12.7 Å². The van der Waals surface area contributed by atoms with Gasteiger partial charge in [-0.2, -0.15) is 0 Å². The Bertz CT molecular complexity index is 746. The molecule has 0 saturated carbocycles. The third kappa shape index (κ3) is 5.52. The molecule has 1 amide bonds. The standard InChI is InChI=1S/C17H16FN3OS/c1-12-5-4-6-13(11-12)9-10-16(22)20-21-17(23)19-15-8-3-2-7-14(15)18/h2-11H,1H3,(H,20,22)(H2,19,21,23)/b10-9+. The number of nitrogens with one attached hydrogen (secondary N) is 3. The molecule has 2 aromatic carbocycles. The van der Waals surface area contributed by atoms with Crippen LogP contribution in [0.25, 0.3) is 6.08 Å². The predicted molar refractivity (Wildman–Crippen MR) is 94.1 cm³/mol. The summed E-state index contributed by atoms with van der Waals surface area (Å²) in [4.78, 5) is 11.7. The molecule has 0 atom stereocenters. The Morgan fingerprint density at radius 3 is 2.65 bits per heavy atom. The van der Waals surface area contributed by atoms with E-state index in [2.05, 4.69) is 16.2 Å². The normalized spacial score (nSPS) is 10.3. The smallest absolute Gasteiger partial charge is 0.262 e. The van der Waals surface area contributed by atoms with Gasteiger partial charge >= 0.3 is 0 Å². The molecule has 118 valence electrons. The number of hydrogen-bond acceptors (Lipinski definition) is 2. The van der Waals surface area contributed by atoms with E-state index in [-0.39, 0.29) is 16.7 Å². The van der Waals surface area contributed by atoms with Crippen molar-refractivity contribution in [2.24, 2.45) is 0 Å². The van der Waals surface area contributed by atoms with E-state index in [1.807, 2.05) is 31.2 Å². The highest BCUT2D eigenvalue weighted by Gasteiger charge is 2.03. The minimum absolute atomic E-state index is 0.0902. The number of benzene rings is 2. The van der Waals surface area contributed by atoms with Gasteiger partial charge in [-0.1, -0.05) is 42.0 Å². The summed E-state index contributed by atoms with van der Waals surface area (Å²) in [7, 11) is 0. The number of carbonyl (C=O) groups excluding carboxylic acids is 1. The molecule has 0 aliphatic heterocycles. The topological polar surface area (TPSA) is 53.2 Å². The molecule has 0 radical (unpaired) electrons. The maximum Gasteiger partial charge on any atom is 0.262 e. The molecule has 0 unspecified atom stereocenters. The number of thiocarbonyl (C=S) groups is 1. The molecule has 0 fully saturated rings. The zero-order chi connectivity index (χ0) is 16.7. The van der Waals surface area contributed by atoms with E-state index >= 15 is 0 Å². The molecule has 0 saturated heterocycles. The number of carbonyl (C=O) groups is 1. The fraction of sp³-hybridized carbons (Fsp3) is 0.0588.